The number of nitrogens with zero attached hydrogens (tertiary/aromatic N) is 4. The highest BCUT2D eigenvalue weighted by Crippen LogP contribution is 2.24. The van der Waals surface area contributed by atoms with Gasteiger partial charge in [-0.3, -0.25) is 14.4 Å². The van der Waals surface area contributed by atoms with Gasteiger partial charge >= 0.3 is 5.97 Å². The second-order valence-corrected chi connectivity index (χ2v) is 9.63. The summed E-state index contributed by atoms with van der Waals surface area (Å²) in [5, 5.41) is 6.10. The number of carbonyl (C=O) groups excluding carboxylic acids is 2. The predicted molar refractivity (Wildman–Crippen MR) is 146 cm³/mol. The molecule has 9 nitrogen and oxygen atoms in total. The molecule has 1 aliphatic heterocycles. The number of esters is 1. The predicted octanol–water partition coefficient (Wildman–Crippen LogP) is 3.46. The summed E-state index contributed by atoms with van der Waals surface area (Å²) >= 11 is 0. The Bertz CT molecular complexity index is 1460. The summed E-state index contributed by atoms with van der Waals surface area (Å²) in [5.41, 5.74) is 4.97. The smallest absolute Gasteiger partial charge is 0.356 e. The number of Topliss-reactive ketones (excluding diaryl/α,β-unsaturated/α-hetero) is 1. The summed E-state index contributed by atoms with van der Waals surface area (Å²) in [4.78, 5) is 31.2. The van der Waals surface area contributed by atoms with Crippen molar-refractivity contribution >= 4 is 22.7 Å². The van der Waals surface area contributed by atoms with Crippen LogP contribution in [0.4, 0.5) is 0 Å². The van der Waals surface area contributed by atoms with Crippen molar-refractivity contribution in [1.82, 2.24) is 19.7 Å². The van der Waals surface area contributed by atoms with Gasteiger partial charge in [0.1, 0.15) is 17.2 Å². The second-order valence-electron chi connectivity index (χ2n) is 9.63. The highest BCUT2D eigenvalue weighted by molar-refractivity contribution is 5.89. The first-order valence-electron chi connectivity index (χ1n) is 13.0. The Morgan fingerprint density at radius 2 is 1.62 bits per heavy atom. The monoisotopic (exact) mass is 528 g/mol. The van der Waals surface area contributed by atoms with Gasteiger partial charge in [0.25, 0.3) is 0 Å². The Morgan fingerprint density at radius 3 is 2.33 bits per heavy atom. The van der Waals surface area contributed by atoms with Crippen molar-refractivity contribution in [2.75, 3.05) is 40.5 Å². The van der Waals surface area contributed by atoms with Crippen molar-refractivity contribution in [3.63, 3.8) is 0 Å². The zero-order valence-electron chi connectivity index (χ0n) is 22.3. The third-order valence-corrected chi connectivity index (χ3v) is 6.88. The van der Waals surface area contributed by atoms with Crippen molar-refractivity contribution < 1.29 is 23.8 Å². The van der Waals surface area contributed by atoms with Crippen molar-refractivity contribution in [3.05, 3.63) is 88.9 Å². The molecule has 4 aromatic rings. The van der Waals surface area contributed by atoms with Crippen LogP contribution in [-0.2, 0) is 40.2 Å². The normalized spacial score (nSPS) is 13.9. The molecule has 5 rings (SSSR count). The van der Waals surface area contributed by atoms with Gasteiger partial charge in [-0.2, -0.15) is 5.10 Å². The lowest BCUT2D eigenvalue weighted by molar-refractivity contribution is -0.117. The summed E-state index contributed by atoms with van der Waals surface area (Å²) in [5.74, 6) is 0.338. The molecule has 2 aromatic carbocycles. The molecule has 0 aliphatic carbocycles. The minimum Gasteiger partial charge on any atom is -0.497 e. The molecule has 0 saturated carbocycles. The highest BCUT2D eigenvalue weighted by atomic mass is 16.5. The van der Waals surface area contributed by atoms with Gasteiger partial charge in [-0.1, -0.05) is 24.3 Å². The topological polar surface area (TPSA) is 95.8 Å². The van der Waals surface area contributed by atoms with Gasteiger partial charge in [-0.05, 0) is 47.0 Å². The van der Waals surface area contributed by atoms with Crippen LogP contribution in [-0.4, -0.2) is 71.9 Å². The number of rotatable bonds is 10. The van der Waals surface area contributed by atoms with E-state index in [4.69, 9.17) is 19.3 Å². The number of ether oxygens (including phenoxy) is 3. The van der Waals surface area contributed by atoms with Crippen LogP contribution < -0.4 is 4.74 Å². The third-order valence-electron chi connectivity index (χ3n) is 6.88. The van der Waals surface area contributed by atoms with Crippen LogP contribution in [0, 0.1) is 0 Å². The Kier molecular flexibility index (Phi) is 8.29. The maximum Gasteiger partial charge on any atom is 0.356 e. The number of ketones is 1. The van der Waals surface area contributed by atoms with E-state index in [-0.39, 0.29) is 24.3 Å². The zero-order valence-corrected chi connectivity index (χ0v) is 22.3. The number of aromatic nitrogens is 3. The minimum atomic E-state index is -0.521. The Hall–Kier alpha value is -4.08. The quantitative estimate of drug-likeness (QED) is 0.289. The van der Waals surface area contributed by atoms with Crippen LogP contribution in [0.15, 0.2) is 60.8 Å². The van der Waals surface area contributed by atoms with Crippen LogP contribution in [0.5, 0.6) is 5.75 Å². The summed E-state index contributed by atoms with van der Waals surface area (Å²) in [6, 6.07) is 17.5. The zero-order chi connectivity index (χ0) is 27.2. The lowest BCUT2D eigenvalue weighted by Gasteiger charge is -2.25. The first-order chi connectivity index (χ1) is 19.0. The van der Waals surface area contributed by atoms with E-state index in [0.29, 0.717) is 6.54 Å². The number of methoxy groups -OCH3 is 2. The van der Waals surface area contributed by atoms with E-state index in [1.165, 1.54) is 13.3 Å². The van der Waals surface area contributed by atoms with Gasteiger partial charge in [0.2, 0.25) is 0 Å². The van der Waals surface area contributed by atoms with Crippen molar-refractivity contribution in [1.29, 1.82) is 0 Å². The molecule has 1 fully saturated rings. The van der Waals surface area contributed by atoms with Crippen LogP contribution in [0.3, 0.4) is 0 Å². The molecule has 9 heteroatoms. The standard InChI is InChI=1S/C30H32N4O5/c1-37-25-6-3-21(4-7-25)19-34-29-18-22(5-8-26(29)28(32-34)20-33-11-13-39-14-12-33)15-24(35)16-23-9-10-31-27(17-23)30(36)38-2/h3-10,17-18H,11-16,19-20H2,1-2H3. The SMILES string of the molecule is COC(=O)c1cc(CC(=O)Cc2ccc3c(CN4CCOCC4)nn(Cc4ccc(OC)cc4)c3c2)ccn1. The maximum atomic E-state index is 13.0. The number of hydrogen-bond acceptors (Lipinski definition) is 8. The van der Waals surface area contributed by atoms with Crippen molar-refractivity contribution in [3.8, 4) is 5.75 Å². The van der Waals surface area contributed by atoms with E-state index < -0.39 is 5.97 Å². The van der Waals surface area contributed by atoms with Crippen LogP contribution in [0.1, 0.15) is 32.9 Å². The fourth-order valence-corrected chi connectivity index (χ4v) is 4.83. The molecule has 3 heterocycles. The molecule has 0 bridgehead atoms. The maximum absolute atomic E-state index is 13.0. The lowest BCUT2D eigenvalue weighted by Crippen LogP contribution is -2.35. The molecule has 1 saturated heterocycles. The first kappa shape index (κ1) is 26.5. The number of morpholine rings is 1. The van der Waals surface area contributed by atoms with E-state index >= 15 is 0 Å². The van der Waals surface area contributed by atoms with Gasteiger partial charge < -0.3 is 14.2 Å². The van der Waals surface area contributed by atoms with Crippen LogP contribution in [0.2, 0.25) is 0 Å². The fraction of sp³-hybridized carbons (Fsp3) is 0.333. The van der Waals surface area contributed by atoms with Gasteiger partial charge in [-0.25, -0.2) is 9.78 Å². The van der Waals surface area contributed by atoms with Gasteiger partial charge in [0.05, 0.1) is 45.2 Å². The Labute approximate surface area is 227 Å². The number of fused-ring (bicyclic) bond motifs is 1. The van der Waals surface area contributed by atoms with Gasteiger partial charge in [0.15, 0.2) is 0 Å². The fourth-order valence-electron chi connectivity index (χ4n) is 4.83. The molecule has 0 spiro atoms. The molecule has 2 aromatic heterocycles. The summed E-state index contributed by atoms with van der Waals surface area (Å²) in [6.45, 7) is 4.58. The van der Waals surface area contributed by atoms with E-state index in [1.807, 2.05) is 35.0 Å². The Balaban J connectivity index is 1.39. The lowest BCUT2D eigenvalue weighted by atomic mass is 10.0. The molecular formula is C30H32N4O5. The van der Waals surface area contributed by atoms with E-state index in [9.17, 15) is 9.59 Å². The largest absolute Gasteiger partial charge is 0.497 e. The molecular weight excluding hydrogens is 496 g/mol. The average molecular weight is 529 g/mol. The van der Waals surface area contributed by atoms with Crippen LogP contribution >= 0.6 is 0 Å². The summed E-state index contributed by atoms with van der Waals surface area (Å²) in [7, 11) is 2.97. The van der Waals surface area contributed by atoms with E-state index in [0.717, 1.165) is 71.9 Å². The number of carbonyl (C=O) groups is 2. The molecule has 0 amide bonds. The Morgan fingerprint density at radius 1 is 0.897 bits per heavy atom. The van der Waals surface area contributed by atoms with E-state index in [2.05, 4.69) is 22.0 Å². The van der Waals surface area contributed by atoms with Crippen LogP contribution in [0.25, 0.3) is 10.9 Å². The molecule has 0 radical (unpaired) electrons. The number of hydrogen-bond donors (Lipinski definition) is 0. The second kappa shape index (κ2) is 12.2. The van der Waals surface area contributed by atoms with Crippen molar-refractivity contribution in [2.45, 2.75) is 25.9 Å². The minimum absolute atomic E-state index is 0.0473. The molecule has 0 N–H and O–H groups in total. The molecule has 202 valence electrons. The van der Waals surface area contributed by atoms with Gasteiger partial charge in [0, 0.05) is 44.1 Å². The summed E-state index contributed by atoms with van der Waals surface area (Å²) in [6.07, 6.45) is 2.00. The number of pyridine rings is 1. The molecule has 39 heavy (non-hydrogen) atoms. The number of benzene rings is 2. The van der Waals surface area contributed by atoms with Crippen molar-refractivity contribution in [2.24, 2.45) is 0 Å². The third kappa shape index (κ3) is 6.50. The first-order valence-corrected chi connectivity index (χ1v) is 13.0. The molecule has 0 unspecified atom stereocenters. The van der Waals surface area contributed by atoms with E-state index in [1.54, 1.807) is 19.2 Å². The summed E-state index contributed by atoms with van der Waals surface area (Å²) < 4.78 is 17.6. The molecule has 0 atom stereocenters. The average Bonchev–Trinajstić information content (AvgIpc) is 3.29. The highest BCUT2D eigenvalue weighted by Gasteiger charge is 2.18. The molecule has 1 aliphatic rings. The van der Waals surface area contributed by atoms with Gasteiger partial charge in [-0.15, -0.1) is 0 Å².